The fourth-order valence-electron chi connectivity index (χ4n) is 7.06. The minimum atomic E-state index is -0.794. The summed E-state index contributed by atoms with van der Waals surface area (Å²) >= 11 is 2.15. The molecule has 2 saturated carbocycles. The smallest absolute Gasteiger partial charge is 0.318 e. The van der Waals surface area contributed by atoms with E-state index in [9.17, 15) is 15.0 Å². The van der Waals surface area contributed by atoms with Crippen LogP contribution in [-0.4, -0.2) is 37.9 Å². The second-order valence-corrected chi connectivity index (χ2v) is 11.7. The fraction of sp³-hybridized carbons (Fsp3) is 0.960. The van der Waals surface area contributed by atoms with Gasteiger partial charge in [0.25, 0.3) is 0 Å². The lowest BCUT2D eigenvalue weighted by molar-refractivity contribution is -0.215. The zero-order valence-corrected chi connectivity index (χ0v) is 22.1. The molecule has 0 amide bonds. The number of alkyl halides is 1. The Morgan fingerprint density at radius 1 is 1.07 bits per heavy atom. The molecule has 4 unspecified atom stereocenters. The first-order chi connectivity index (χ1) is 14.1. The Kier molecular flexibility index (Phi) is 9.12. The summed E-state index contributed by atoms with van der Waals surface area (Å²) in [7, 11) is 0. The van der Waals surface area contributed by atoms with Crippen molar-refractivity contribution in [2.45, 2.75) is 127 Å². The summed E-state index contributed by atoms with van der Waals surface area (Å²) in [6.07, 6.45) is 10.6. The van der Waals surface area contributed by atoms with Crippen LogP contribution < -0.4 is 0 Å². The third-order valence-electron chi connectivity index (χ3n) is 9.06. The summed E-state index contributed by atoms with van der Waals surface area (Å²) in [5, 5.41) is 23.6. The summed E-state index contributed by atoms with van der Waals surface area (Å²) in [5.41, 5.74) is -1.94. The van der Waals surface area contributed by atoms with Crippen LogP contribution in [0, 0.1) is 16.7 Å². The number of hydrogen-bond acceptors (Lipinski definition) is 4. The van der Waals surface area contributed by atoms with Crippen LogP contribution in [0.2, 0.25) is 0 Å². The van der Waals surface area contributed by atoms with Crippen molar-refractivity contribution < 1.29 is 19.7 Å². The highest BCUT2D eigenvalue weighted by molar-refractivity contribution is 14.1. The normalized spacial score (nSPS) is 30.7. The molecule has 30 heavy (non-hydrogen) atoms. The van der Waals surface area contributed by atoms with Gasteiger partial charge in [-0.15, -0.1) is 0 Å². The van der Waals surface area contributed by atoms with Crippen molar-refractivity contribution >= 4 is 28.6 Å². The molecule has 0 aliphatic heterocycles. The largest absolute Gasteiger partial charge is 0.465 e. The molecule has 2 rings (SSSR count). The van der Waals surface area contributed by atoms with Crippen molar-refractivity contribution in [1.29, 1.82) is 0 Å². The second-order valence-electron chi connectivity index (χ2n) is 10.2. The molecular weight excluding hydrogens is 491 g/mol. The topological polar surface area (TPSA) is 66.8 Å². The van der Waals surface area contributed by atoms with E-state index in [-0.39, 0.29) is 20.7 Å². The van der Waals surface area contributed by atoms with Gasteiger partial charge in [-0.1, -0.05) is 70.1 Å². The highest BCUT2D eigenvalue weighted by Gasteiger charge is 2.62. The van der Waals surface area contributed by atoms with Crippen molar-refractivity contribution in [2.24, 2.45) is 16.7 Å². The average Bonchev–Trinajstić information content (AvgIpc) is 2.76. The van der Waals surface area contributed by atoms with Crippen molar-refractivity contribution in [3.63, 3.8) is 0 Å². The predicted molar refractivity (Wildman–Crippen MR) is 131 cm³/mol. The minimum Gasteiger partial charge on any atom is -0.465 e. The third kappa shape index (κ3) is 4.73. The molecule has 4 atom stereocenters. The van der Waals surface area contributed by atoms with Gasteiger partial charge in [0.1, 0.15) is 3.92 Å². The second kappa shape index (κ2) is 10.4. The van der Waals surface area contributed by atoms with Gasteiger partial charge in [0, 0.05) is 5.41 Å². The quantitative estimate of drug-likeness (QED) is 0.188. The number of esters is 1. The molecule has 2 aliphatic carbocycles. The van der Waals surface area contributed by atoms with Gasteiger partial charge in [0.05, 0.1) is 17.8 Å². The van der Waals surface area contributed by atoms with E-state index in [4.69, 9.17) is 4.74 Å². The molecule has 0 aromatic carbocycles. The van der Waals surface area contributed by atoms with Gasteiger partial charge in [-0.05, 0) is 75.5 Å². The maximum Gasteiger partial charge on any atom is 0.318 e. The van der Waals surface area contributed by atoms with E-state index in [0.717, 1.165) is 44.9 Å². The van der Waals surface area contributed by atoms with E-state index >= 15 is 0 Å². The van der Waals surface area contributed by atoms with E-state index in [1.54, 1.807) is 0 Å². The Balaban J connectivity index is 2.40. The van der Waals surface area contributed by atoms with Crippen LogP contribution in [0.5, 0.6) is 0 Å². The first kappa shape index (κ1) is 26.4. The van der Waals surface area contributed by atoms with E-state index in [1.165, 1.54) is 12.8 Å². The summed E-state index contributed by atoms with van der Waals surface area (Å²) in [6, 6.07) is 0. The van der Waals surface area contributed by atoms with E-state index in [0.29, 0.717) is 31.8 Å². The Hall–Kier alpha value is 0.120. The lowest BCUT2D eigenvalue weighted by Gasteiger charge is -2.63. The van der Waals surface area contributed by atoms with E-state index in [2.05, 4.69) is 50.3 Å². The van der Waals surface area contributed by atoms with Gasteiger partial charge >= 0.3 is 5.97 Å². The number of ether oxygens (including phenoxy) is 1. The first-order valence-electron chi connectivity index (χ1n) is 12.4. The highest BCUT2D eigenvalue weighted by atomic mass is 127. The maximum absolute atomic E-state index is 12.3. The summed E-state index contributed by atoms with van der Waals surface area (Å²) < 4.78 is 5.57. The molecular formula is C25H45IO4. The zero-order chi connectivity index (χ0) is 22.6. The van der Waals surface area contributed by atoms with Crippen LogP contribution in [0.3, 0.4) is 0 Å². The van der Waals surface area contributed by atoms with Crippen molar-refractivity contribution in [3.8, 4) is 0 Å². The minimum absolute atomic E-state index is 0.114. The number of rotatable bonds is 11. The van der Waals surface area contributed by atoms with Crippen LogP contribution in [0.15, 0.2) is 0 Å². The lowest BCUT2D eigenvalue weighted by atomic mass is 9.44. The van der Waals surface area contributed by atoms with Gasteiger partial charge in [0.15, 0.2) is 0 Å². The molecule has 4 nitrogen and oxygen atoms in total. The number of carbonyl (C=O) groups is 1. The van der Waals surface area contributed by atoms with E-state index in [1.807, 2.05) is 6.92 Å². The summed E-state index contributed by atoms with van der Waals surface area (Å²) in [5.74, 6) is 0.388. The van der Waals surface area contributed by atoms with Crippen LogP contribution in [-0.2, 0) is 9.53 Å². The monoisotopic (exact) mass is 536 g/mol. The number of halogens is 1. The molecule has 0 saturated heterocycles. The SMILES string of the molecule is CCC(I)C(=O)OCCC1(C(O)(CC)CC)CC2CCCC(C(O)(CC)CC)(C2)C1. The first-order valence-corrected chi connectivity index (χ1v) is 13.6. The molecule has 2 fully saturated rings. The average molecular weight is 537 g/mol. The summed E-state index contributed by atoms with van der Waals surface area (Å²) in [6.45, 7) is 10.7. The van der Waals surface area contributed by atoms with E-state index < -0.39 is 11.2 Å². The van der Waals surface area contributed by atoms with Crippen molar-refractivity contribution in [1.82, 2.24) is 0 Å². The van der Waals surface area contributed by atoms with Crippen LogP contribution in [0.1, 0.15) is 112 Å². The van der Waals surface area contributed by atoms with Crippen molar-refractivity contribution in [2.75, 3.05) is 6.61 Å². The Bertz CT molecular complexity index is 571. The molecule has 176 valence electrons. The van der Waals surface area contributed by atoms with Gasteiger partial charge in [-0.25, -0.2) is 0 Å². The van der Waals surface area contributed by atoms with Crippen LogP contribution in [0.4, 0.5) is 0 Å². The fourth-order valence-corrected chi connectivity index (χ4v) is 7.24. The highest BCUT2D eigenvalue weighted by Crippen LogP contribution is 2.65. The third-order valence-corrected chi connectivity index (χ3v) is 10.4. The van der Waals surface area contributed by atoms with Gasteiger partial charge in [-0.2, -0.15) is 0 Å². The molecule has 0 aromatic heterocycles. The van der Waals surface area contributed by atoms with Crippen molar-refractivity contribution in [3.05, 3.63) is 0 Å². The number of fused-ring (bicyclic) bond motifs is 2. The Morgan fingerprint density at radius 2 is 1.67 bits per heavy atom. The van der Waals surface area contributed by atoms with Crippen LogP contribution in [0.25, 0.3) is 0 Å². The molecule has 2 N–H and O–H groups in total. The Morgan fingerprint density at radius 3 is 2.20 bits per heavy atom. The van der Waals surface area contributed by atoms with Gasteiger partial charge < -0.3 is 14.9 Å². The van der Waals surface area contributed by atoms with Gasteiger partial charge in [-0.3, -0.25) is 4.79 Å². The number of hydrogen-bond donors (Lipinski definition) is 2. The molecule has 0 heterocycles. The zero-order valence-electron chi connectivity index (χ0n) is 19.9. The lowest BCUT2D eigenvalue weighted by Crippen LogP contribution is -2.61. The van der Waals surface area contributed by atoms with Gasteiger partial charge in [0.2, 0.25) is 0 Å². The van der Waals surface area contributed by atoms with Crippen LogP contribution >= 0.6 is 22.6 Å². The molecule has 5 heteroatoms. The molecule has 0 radical (unpaired) electrons. The molecule has 0 aromatic rings. The maximum atomic E-state index is 12.3. The number of aliphatic hydroxyl groups is 2. The molecule has 0 spiro atoms. The molecule has 2 aliphatic rings. The standard InChI is InChI=1S/C25H45IO4/c1-6-20(26)21(27)30-15-14-23(25(29,9-4)10-5)17-19-12-11-13-22(16-19,18-23)24(28,7-2)8-3/h19-20,28-29H,6-18H2,1-5H3. The predicted octanol–water partition coefficient (Wildman–Crippen LogP) is 6.19. The summed E-state index contributed by atoms with van der Waals surface area (Å²) in [4.78, 5) is 12.3. The Labute approximate surface area is 198 Å². The molecule has 2 bridgehead atoms. The number of carbonyl (C=O) groups excluding carboxylic acids is 1.